The van der Waals surface area contributed by atoms with Crippen molar-refractivity contribution >= 4 is 39.9 Å². The standard InChI is InChI=1S/C11H16BrN3O2Si.C5H2BrN3O/c1-18(2,3)5-4-17-8-15-11(16)10(12)6-9(7-13)14-15;6-4-1-3(2-7)8-9-5(4)10/h6H,4-5,8H2,1-3H3;1H,(H,9,10). The molecule has 2 heterocycles. The lowest BCUT2D eigenvalue weighted by atomic mass is 10.4. The van der Waals surface area contributed by atoms with Gasteiger partial charge in [-0.25, -0.2) is 9.78 Å². The second-order valence-corrected chi connectivity index (χ2v) is 14.0. The van der Waals surface area contributed by atoms with Gasteiger partial charge in [0.1, 0.15) is 18.9 Å². The maximum atomic E-state index is 11.7. The van der Waals surface area contributed by atoms with Crippen molar-refractivity contribution in [3.05, 3.63) is 53.2 Å². The quantitative estimate of drug-likeness (QED) is 0.464. The molecule has 0 saturated heterocycles. The number of nitriles is 2. The van der Waals surface area contributed by atoms with Crippen molar-refractivity contribution in [2.45, 2.75) is 32.4 Å². The number of aromatic nitrogens is 4. The summed E-state index contributed by atoms with van der Waals surface area (Å²) in [4.78, 5) is 22.3. The monoisotopic (exact) mass is 528 g/mol. The van der Waals surface area contributed by atoms with Crippen molar-refractivity contribution in [2.24, 2.45) is 0 Å². The normalized spacial score (nSPS) is 10.4. The summed E-state index contributed by atoms with van der Waals surface area (Å²) in [6.07, 6.45) is 0. The van der Waals surface area contributed by atoms with Crippen LogP contribution in [-0.2, 0) is 11.5 Å². The molecule has 9 nitrogen and oxygen atoms in total. The van der Waals surface area contributed by atoms with Gasteiger partial charge in [-0.1, -0.05) is 19.6 Å². The Hall–Kier alpha value is -2.12. The maximum absolute atomic E-state index is 11.7. The fourth-order valence-electron chi connectivity index (χ4n) is 1.62. The lowest BCUT2D eigenvalue weighted by Crippen LogP contribution is -2.27. The summed E-state index contributed by atoms with van der Waals surface area (Å²) in [5.74, 6) is 0. The van der Waals surface area contributed by atoms with E-state index in [4.69, 9.17) is 15.3 Å². The van der Waals surface area contributed by atoms with Crippen molar-refractivity contribution in [1.29, 1.82) is 10.5 Å². The first-order chi connectivity index (χ1) is 13.1. The SMILES string of the molecule is C[Si](C)(C)CCOCn1nc(C#N)cc(Br)c1=O.N#Cc1cc(Br)c(=O)[nH]n1. The highest BCUT2D eigenvalue weighted by molar-refractivity contribution is 9.10. The number of hydrogen-bond donors (Lipinski definition) is 1. The summed E-state index contributed by atoms with van der Waals surface area (Å²) in [5.41, 5.74) is -0.247. The van der Waals surface area contributed by atoms with Crippen molar-refractivity contribution in [3.63, 3.8) is 0 Å². The fourth-order valence-corrected chi connectivity index (χ4v) is 3.10. The van der Waals surface area contributed by atoms with Crippen molar-refractivity contribution in [1.82, 2.24) is 20.0 Å². The van der Waals surface area contributed by atoms with E-state index in [-0.39, 0.29) is 29.2 Å². The summed E-state index contributed by atoms with van der Waals surface area (Å²) in [6.45, 7) is 7.46. The second kappa shape index (κ2) is 11.0. The molecule has 0 unspecified atom stereocenters. The zero-order valence-corrected chi connectivity index (χ0v) is 19.7. The number of H-pyrrole nitrogens is 1. The van der Waals surface area contributed by atoms with Crippen LogP contribution < -0.4 is 11.1 Å². The first kappa shape index (κ1) is 23.9. The Morgan fingerprint density at radius 1 is 1.14 bits per heavy atom. The number of hydrogen-bond acceptors (Lipinski definition) is 7. The maximum Gasteiger partial charge on any atom is 0.283 e. The highest BCUT2D eigenvalue weighted by Gasteiger charge is 2.12. The predicted molar refractivity (Wildman–Crippen MR) is 112 cm³/mol. The van der Waals surface area contributed by atoms with E-state index in [1.165, 1.54) is 12.1 Å². The number of nitrogens with one attached hydrogen (secondary N) is 1. The molecular weight excluding hydrogens is 512 g/mol. The Balaban J connectivity index is 0.000000330. The third-order valence-electron chi connectivity index (χ3n) is 3.13. The third kappa shape index (κ3) is 8.27. The molecule has 0 aliphatic carbocycles. The Bertz CT molecular complexity index is 1020. The van der Waals surface area contributed by atoms with Gasteiger partial charge in [0.25, 0.3) is 11.1 Å². The molecular formula is C16H18Br2N6O3Si. The van der Waals surface area contributed by atoms with Crippen LogP contribution in [0.1, 0.15) is 11.4 Å². The van der Waals surface area contributed by atoms with Gasteiger partial charge in [0.15, 0.2) is 11.4 Å². The first-order valence-corrected chi connectivity index (χ1v) is 13.3. The minimum Gasteiger partial charge on any atom is -0.359 e. The predicted octanol–water partition coefficient (Wildman–Crippen LogP) is 2.59. The summed E-state index contributed by atoms with van der Waals surface area (Å²) in [6, 6.07) is 7.48. The minimum atomic E-state index is -1.13. The zero-order valence-electron chi connectivity index (χ0n) is 15.5. The van der Waals surface area contributed by atoms with Gasteiger partial charge < -0.3 is 4.74 Å². The largest absolute Gasteiger partial charge is 0.359 e. The molecule has 0 aliphatic heterocycles. The minimum absolute atomic E-state index is 0.0808. The molecule has 0 saturated carbocycles. The van der Waals surface area contributed by atoms with Crippen LogP contribution in [0.15, 0.2) is 30.7 Å². The molecule has 1 N–H and O–H groups in total. The van der Waals surface area contributed by atoms with Gasteiger partial charge in [-0.2, -0.15) is 20.7 Å². The summed E-state index contributed by atoms with van der Waals surface area (Å²) in [5, 5.41) is 26.5. The highest BCUT2D eigenvalue weighted by atomic mass is 79.9. The van der Waals surface area contributed by atoms with Gasteiger partial charge in [0, 0.05) is 14.7 Å². The van der Waals surface area contributed by atoms with E-state index in [0.29, 0.717) is 15.6 Å². The van der Waals surface area contributed by atoms with Crippen LogP contribution in [0.25, 0.3) is 0 Å². The van der Waals surface area contributed by atoms with Crippen molar-refractivity contribution in [3.8, 4) is 12.1 Å². The van der Waals surface area contributed by atoms with Crippen LogP contribution >= 0.6 is 31.9 Å². The molecule has 12 heteroatoms. The molecule has 0 atom stereocenters. The molecule has 0 fully saturated rings. The van der Waals surface area contributed by atoms with Crippen LogP contribution in [0.4, 0.5) is 0 Å². The first-order valence-electron chi connectivity index (χ1n) is 7.98. The van der Waals surface area contributed by atoms with E-state index in [0.717, 1.165) is 10.7 Å². The fraction of sp³-hybridized carbons (Fsp3) is 0.375. The number of aromatic amines is 1. The van der Waals surface area contributed by atoms with E-state index in [1.807, 2.05) is 6.07 Å². The molecule has 2 aromatic heterocycles. The van der Waals surface area contributed by atoms with Gasteiger partial charge in [0.05, 0.1) is 8.95 Å². The highest BCUT2D eigenvalue weighted by Crippen LogP contribution is 2.08. The van der Waals surface area contributed by atoms with Crippen LogP contribution in [-0.4, -0.2) is 34.7 Å². The molecule has 28 heavy (non-hydrogen) atoms. The molecule has 2 rings (SSSR count). The molecule has 2 aromatic rings. The lowest BCUT2D eigenvalue weighted by Gasteiger charge is -2.15. The number of nitrogens with zero attached hydrogens (tertiary/aromatic N) is 5. The lowest BCUT2D eigenvalue weighted by molar-refractivity contribution is 0.0746. The smallest absolute Gasteiger partial charge is 0.283 e. The van der Waals surface area contributed by atoms with Gasteiger partial charge >= 0.3 is 0 Å². The van der Waals surface area contributed by atoms with E-state index >= 15 is 0 Å². The van der Waals surface area contributed by atoms with Crippen LogP contribution in [0.5, 0.6) is 0 Å². The third-order valence-corrected chi connectivity index (χ3v) is 5.99. The molecule has 0 radical (unpaired) electrons. The van der Waals surface area contributed by atoms with Crippen molar-refractivity contribution < 1.29 is 4.74 Å². The molecule has 0 spiro atoms. The van der Waals surface area contributed by atoms with E-state index < -0.39 is 8.07 Å². The average molecular weight is 530 g/mol. The molecule has 0 aromatic carbocycles. The number of halogens is 2. The van der Waals surface area contributed by atoms with Gasteiger partial charge in [-0.3, -0.25) is 9.59 Å². The molecule has 0 aliphatic rings. The summed E-state index contributed by atoms with van der Waals surface area (Å²) >= 11 is 6.06. The number of rotatable bonds is 5. The van der Waals surface area contributed by atoms with E-state index in [1.54, 1.807) is 6.07 Å². The van der Waals surface area contributed by atoms with E-state index in [2.05, 4.69) is 66.8 Å². The number of ether oxygens (including phenoxy) is 1. The summed E-state index contributed by atoms with van der Waals surface area (Å²) < 4.78 is 7.24. The Morgan fingerprint density at radius 2 is 1.75 bits per heavy atom. The summed E-state index contributed by atoms with van der Waals surface area (Å²) in [7, 11) is -1.13. The Labute approximate surface area is 179 Å². The van der Waals surface area contributed by atoms with Crippen molar-refractivity contribution in [2.75, 3.05) is 6.61 Å². The average Bonchev–Trinajstić information content (AvgIpc) is 2.63. The van der Waals surface area contributed by atoms with Crippen LogP contribution in [0, 0.1) is 22.7 Å². The topological polar surface area (TPSA) is 137 Å². The molecule has 148 valence electrons. The van der Waals surface area contributed by atoms with Crippen LogP contribution in [0.2, 0.25) is 25.7 Å². The Morgan fingerprint density at radius 3 is 2.29 bits per heavy atom. The van der Waals surface area contributed by atoms with Gasteiger partial charge in [0.2, 0.25) is 0 Å². The van der Waals surface area contributed by atoms with E-state index in [9.17, 15) is 9.59 Å². The Kier molecular flexibility index (Phi) is 9.41. The van der Waals surface area contributed by atoms with Gasteiger partial charge in [-0.05, 0) is 50.0 Å². The van der Waals surface area contributed by atoms with Gasteiger partial charge in [-0.15, -0.1) is 0 Å². The molecule has 0 amide bonds. The zero-order chi connectivity index (χ0) is 21.3. The molecule has 0 bridgehead atoms. The van der Waals surface area contributed by atoms with Crippen LogP contribution in [0.3, 0.4) is 0 Å². The second-order valence-electron chi connectivity index (χ2n) is 6.68.